The zero-order valence-electron chi connectivity index (χ0n) is 10.2. The highest BCUT2D eigenvalue weighted by molar-refractivity contribution is 5.79. The Labute approximate surface area is 101 Å². The minimum Gasteiger partial charge on any atom is -0.348 e. The summed E-state index contributed by atoms with van der Waals surface area (Å²) in [5.41, 5.74) is 1.16. The Hall–Kier alpha value is -1.35. The van der Waals surface area contributed by atoms with Gasteiger partial charge in [-0.05, 0) is 12.5 Å². The smallest absolute Gasteiger partial charge is 0.225 e. The maximum Gasteiger partial charge on any atom is 0.225 e. The van der Waals surface area contributed by atoms with Crippen LogP contribution in [0.5, 0.6) is 0 Å². The minimum absolute atomic E-state index is 0.0212. The number of benzene rings is 1. The van der Waals surface area contributed by atoms with Gasteiger partial charge in [0.25, 0.3) is 0 Å². The molecule has 0 aromatic heterocycles. The van der Waals surface area contributed by atoms with Crippen molar-refractivity contribution in [2.24, 2.45) is 5.92 Å². The Morgan fingerprint density at radius 2 is 1.94 bits per heavy atom. The van der Waals surface area contributed by atoms with Crippen molar-refractivity contribution in [1.29, 1.82) is 0 Å². The first kappa shape index (κ1) is 10.8. The predicted octanol–water partition coefficient (Wildman–Crippen LogP) is 2.34. The summed E-state index contributed by atoms with van der Waals surface area (Å²) < 4.78 is 6.07. The minimum atomic E-state index is -0.0253. The molecular weight excluding hydrogens is 214 g/mol. The van der Waals surface area contributed by atoms with Gasteiger partial charge in [-0.2, -0.15) is 0 Å². The van der Waals surface area contributed by atoms with Gasteiger partial charge in [-0.3, -0.25) is 4.79 Å². The van der Waals surface area contributed by atoms with Crippen LogP contribution in [0.3, 0.4) is 0 Å². The Balaban J connectivity index is 1.90. The maximum absolute atomic E-state index is 11.9. The summed E-state index contributed by atoms with van der Waals surface area (Å²) in [5, 5.41) is 0. The fourth-order valence-corrected chi connectivity index (χ4v) is 2.97. The van der Waals surface area contributed by atoms with Gasteiger partial charge in [-0.25, -0.2) is 0 Å². The number of ether oxygens (including phenoxy) is 1. The molecule has 90 valence electrons. The van der Waals surface area contributed by atoms with Crippen LogP contribution in [0.25, 0.3) is 0 Å². The standard InChI is InChI=1S/C14H17NO2/c1-9-8-12(16)15-10(2)13(17-14(9)15)11-6-4-3-5-7-11/h3-7,9-10,13-14H,8H2,1-2H3/t9-,10+,13+,14+/m1/s1. The van der Waals surface area contributed by atoms with Gasteiger partial charge in [-0.1, -0.05) is 37.3 Å². The van der Waals surface area contributed by atoms with Gasteiger partial charge in [-0.15, -0.1) is 0 Å². The molecule has 0 bridgehead atoms. The van der Waals surface area contributed by atoms with E-state index in [4.69, 9.17) is 4.74 Å². The van der Waals surface area contributed by atoms with Crippen LogP contribution in [0.4, 0.5) is 0 Å². The highest BCUT2D eigenvalue weighted by atomic mass is 16.5. The summed E-state index contributed by atoms with van der Waals surface area (Å²) in [5.74, 6) is 0.534. The molecule has 2 aliphatic heterocycles. The lowest BCUT2D eigenvalue weighted by Crippen LogP contribution is -2.35. The van der Waals surface area contributed by atoms with Crippen molar-refractivity contribution in [3.05, 3.63) is 35.9 Å². The molecule has 1 aromatic rings. The SMILES string of the molecule is C[C@@H]1CC(=O)N2[C@@H](C)[C@@H](c3ccccc3)O[C@@H]12. The van der Waals surface area contributed by atoms with Crippen molar-refractivity contribution in [1.82, 2.24) is 4.90 Å². The van der Waals surface area contributed by atoms with Crippen LogP contribution < -0.4 is 0 Å². The summed E-state index contributed by atoms with van der Waals surface area (Å²) >= 11 is 0. The lowest BCUT2D eigenvalue weighted by molar-refractivity contribution is -0.130. The van der Waals surface area contributed by atoms with Crippen molar-refractivity contribution in [3.8, 4) is 0 Å². The average Bonchev–Trinajstić information content (AvgIpc) is 2.81. The third-order valence-corrected chi connectivity index (χ3v) is 3.84. The van der Waals surface area contributed by atoms with E-state index in [-0.39, 0.29) is 24.3 Å². The van der Waals surface area contributed by atoms with Gasteiger partial charge in [0.1, 0.15) is 12.3 Å². The lowest BCUT2D eigenvalue weighted by atomic mass is 10.0. The largest absolute Gasteiger partial charge is 0.348 e. The molecule has 2 heterocycles. The molecule has 3 nitrogen and oxygen atoms in total. The number of carbonyl (C=O) groups is 1. The number of amides is 1. The Morgan fingerprint density at radius 1 is 1.24 bits per heavy atom. The fraction of sp³-hybridized carbons (Fsp3) is 0.500. The number of hydrogen-bond acceptors (Lipinski definition) is 2. The molecule has 3 heteroatoms. The van der Waals surface area contributed by atoms with Gasteiger partial charge < -0.3 is 9.64 Å². The first-order chi connectivity index (χ1) is 8.18. The highest BCUT2D eigenvalue weighted by Gasteiger charge is 2.49. The first-order valence-electron chi connectivity index (χ1n) is 6.20. The van der Waals surface area contributed by atoms with E-state index in [0.29, 0.717) is 12.3 Å². The summed E-state index contributed by atoms with van der Waals surface area (Å²) in [4.78, 5) is 13.8. The second-order valence-electron chi connectivity index (χ2n) is 5.08. The molecule has 17 heavy (non-hydrogen) atoms. The summed E-state index contributed by atoms with van der Waals surface area (Å²) in [6.07, 6.45) is 0.617. The van der Waals surface area contributed by atoms with E-state index < -0.39 is 0 Å². The van der Waals surface area contributed by atoms with Crippen molar-refractivity contribution in [3.63, 3.8) is 0 Å². The van der Waals surface area contributed by atoms with Crippen molar-refractivity contribution in [2.75, 3.05) is 0 Å². The van der Waals surface area contributed by atoms with Crippen LogP contribution in [0.1, 0.15) is 31.9 Å². The number of carbonyl (C=O) groups excluding carboxylic acids is 1. The van der Waals surface area contributed by atoms with Crippen molar-refractivity contribution >= 4 is 5.91 Å². The number of hydrogen-bond donors (Lipinski definition) is 0. The van der Waals surface area contributed by atoms with E-state index in [2.05, 4.69) is 26.0 Å². The number of rotatable bonds is 1. The second kappa shape index (κ2) is 3.84. The molecule has 0 N–H and O–H groups in total. The Kier molecular flexibility index (Phi) is 2.44. The van der Waals surface area contributed by atoms with Crippen LogP contribution in [-0.4, -0.2) is 23.1 Å². The van der Waals surface area contributed by atoms with E-state index in [1.165, 1.54) is 0 Å². The molecule has 0 aliphatic carbocycles. The topological polar surface area (TPSA) is 29.5 Å². The Bertz CT molecular complexity index is 431. The fourth-order valence-electron chi connectivity index (χ4n) is 2.97. The molecule has 2 aliphatic rings. The number of nitrogens with zero attached hydrogens (tertiary/aromatic N) is 1. The van der Waals surface area contributed by atoms with Crippen LogP contribution in [0.15, 0.2) is 30.3 Å². The molecular formula is C14H17NO2. The molecule has 3 rings (SSSR count). The molecule has 1 aromatic carbocycles. The van der Waals surface area contributed by atoms with Gasteiger partial charge in [0.05, 0.1) is 6.04 Å². The first-order valence-corrected chi connectivity index (χ1v) is 6.20. The van der Waals surface area contributed by atoms with E-state index in [1.807, 2.05) is 23.1 Å². The van der Waals surface area contributed by atoms with Crippen molar-refractivity contribution < 1.29 is 9.53 Å². The lowest BCUT2D eigenvalue weighted by Gasteiger charge is -2.20. The van der Waals surface area contributed by atoms with E-state index in [0.717, 1.165) is 5.56 Å². The van der Waals surface area contributed by atoms with Gasteiger partial charge in [0.15, 0.2) is 0 Å². The van der Waals surface area contributed by atoms with Gasteiger partial charge >= 0.3 is 0 Å². The zero-order valence-corrected chi connectivity index (χ0v) is 10.2. The third-order valence-electron chi connectivity index (χ3n) is 3.84. The molecule has 0 unspecified atom stereocenters. The van der Waals surface area contributed by atoms with Crippen LogP contribution in [-0.2, 0) is 9.53 Å². The maximum atomic E-state index is 11.9. The predicted molar refractivity (Wildman–Crippen MR) is 64.1 cm³/mol. The second-order valence-corrected chi connectivity index (χ2v) is 5.08. The molecule has 0 radical (unpaired) electrons. The zero-order chi connectivity index (χ0) is 12.0. The number of fused-ring (bicyclic) bond motifs is 1. The highest BCUT2D eigenvalue weighted by Crippen LogP contribution is 2.42. The summed E-state index contributed by atoms with van der Waals surface area (Å²) in [6, 6.07) is 10.3. The van der Waals surface area contributed by atoms with Crippen molar-refractivity contribution in [2.45, 2.75) is 38.6 Å². The van der Waals surface area contributed by atoms with E-state index in [9.17, 15) is 4.79 Å². The van der Waals surface area contributed by atoms with Crippen LogP contribution in [0, 0.1) is 5.92 Å². The van der Waals surface area contributed by atoms with Gasteiger partial charge in [0.2, 0.25) is 5.91 Å². The molecule has 0 saturated carbocycles. The average molecular weight is 231 g/mol. The quantitative estimate of drug-likeness (QED) is 0.742. The van der Waals surface area contributed by atoms with Crippen LogP contribution >= 0.6 is 0 Å². The molecule has 1 amide bonds. The third kappa shape index (κ3) is 1.57. The summed E-state index contributed by atoms with van der Waals surface area (Å²) in [7, 11) is 0. The molecule has 2 fully saturated rings. The molecule has 2 saturated heterocycles. The molecule has 0 spiro atoms. The monoisotopic (exact) mass is 231 g/mol. The van der Waals surface area contributed by atoms with Crippen LogP contribution in [0.2, 0.25) is 0 Å². The summed E-state index contributed by atoms with van der Waals surface area (Å²) in [6.45, 7) is 4.16. The normalized spacial score (nSPS) is 36.4. The Morgan fingerprint density at radius 3 is 2.59 bits per heavy atom. The molecule has 4 atom stereocenters. The van der Waals surface area contributed by atoms with E-state index in [1.54, 1.807) is 0 Å². The van der Waals surface area contributed by atoms with Gasteiger partial charge in [0, 0.05) is 12.3 Å². The van der Waals surface area contributed by atoms with E-state index >= 15 is 0 Å².